The molecule has 0 heterocycles. The SMILES string of the molecule is CCCCCCCCC1(I)c2cc(N)ccc2-c2c(C(=N)OC(=NC)c3ccc(C(C)(C)C)cc3)cc(I)cc21. The van der Waals surface area contributed by atoms with E-state index in [1.54, 1.807) is 7.05 Å². The highest BCUT2D eigenvalue weighted by molar-refractivity contribution is 14.1. The fraction of sp³-hybridized carbons (Fsp3) is 0.412. The van der Waals surface area contributed by atoms with E-state index in [1.165, 1.54) is 48.8 Å². The van der Waals surface area contributed by atoms with Crippen LogP contribution in [0, 0.1) is 8.98 Å². The van der Waals surface area contributed by atoms with Crippen molar-refractivity contribution in [2.75, 3.05) is 12.8 Å². The van der Waals surface area contributed by atoms with Gasteiger partial charge in [-0.2, -0.15) is 0 Å². The first-order valence-corrected chi connectivity index (χ1v) is 16.4. The number of ether oxygens (including phenoxy) is 1. The number of fused-ring (bicyclic) bond motifs is 3. The Labute approximate surface area is 267 Å². The van der Waals surface area contributed by atoms with Crippen LogP contribution in [0.15, 0.2) is 59.6 Å². The molecule has 1 atom stereocenters. The average molecular weight is 762 g/mol. The molecule has 1 aliphatic rings. The van der Waals surface area contributed by atoms with Crippen molar-refractivity contribution in [2.45, 2.75) is 81.5 Å². The summed E-state index contributed by atoms with van der Waals surface area (Å²) in [6.45, 7) is 8.86. The fourth-order valence-electron chi connectivity index (χ4n) is 5.56. The van der Waals surface area contributed by atoms with E-state index in [9.17, 15) is 0 Å². The first-order chi connectivity index (χ1) is 19.0. The van der Waals surface area contributed by atoms with Crippen LogP contribution in [-0.2, 0) is 13.6 Å². The van der Waals surface area contributed by atoms with E-state index in [0.717, 1.165) is 44.4 Å². The second-order valence-electron chi connectivity index (χ2n) is 11.8. The van der Waals surface area contributed by atoms with Crippen LogP contribution in [0.3, 0.4) is 0 Å². The number of rotatable bonds is 9. The Morgan fingerprint density at radius 1 is 0.950 bits per heavy atom. The second kappa shape index (κ2) is 12.9. The number of alkyl halides is 1. The number of hydrogen-bond donors (Lipinski definition) is 2. The van der Waals surface area contributed by atoms with Crippen molar-refractivity contribution in [3.05, 3.63) is 86.0 Å². The van der Waals surface area contributed by atoms with Crippen molar-refractivity contribution in [3.63, 3.8) is 0 Å². The number of unbranched alkanes of at least 4 members (excludes halogenated alkanes) is 5. The molecule has 40 heavy (non-hydrogen) atoms. The van der Waals surface area contributed by atoms with Gasteiger partial charge >= 0.3 is 0 Å². The summed E-state index contributed by atoms with van der Waals surface area (Å²) in [5, 5.41) is 9.13. The van der Waals surface area contributed by atoms with Crippen molar-refractivity contribution >= 4 is 62.7 Å². The Kier molecular flexibility index (Phi) is 10.0. The maximum absolute atomic E-state index is 9.13. The predicted octanol–water partition coefficient (Wildman–Crippen LogP) is 10.00. The van der Waals surface area contributed by atoms with Crippen molar-refractivity contribution in [1.29, 1.82) is 5.41 Å². The molecule has 3 N–H and O–H groups in total. The monoisotopic (exact) mass is 761 g/mol. The van der Waals surface area contributed by atoms with E-state index in [0.29, 0.717) is 5.90 Å². The molecule has 1 unspecified atom stereocenters. The maximum atomic E-state index is 9.13. The quantitative estimate of drug-likeness (QED) is 0.0570. The lowest BCUT2D eigenvalue weighted by Crippen LogP contribution is -2.19. The van der Waals surface area contributed by atoms with Gasteiger partial charge in [0.2, 0.25) is 11.8 Å². The van der Waals surface area contributed by atoms with Crippen LogP contribution < -0.4 is 5.73 Å². The summed E-state index contributed by atoms with van der Waals surface area (Å²) in [4.78, 5) is 4.42. The van der Waals surface area contributed by atoms with Crippen LogP contribution in [0.4, 0.5) is 5.69 Å². The minimum absolute atomic E-state index is 0.0646. The zero-order valence-electron chi connectivity index (χ0n) is 24.3. The molecular weight excluding hydrogens is 720 g/mol. The van der Waals surface area contributed by atoms with E-state index < -0.39 is 0 Å². The second-order valence-corrected chi connectivity index (χ2v) is 14.9. The summed E-state index contributed by atoms with van der Waals surface area (Å²) in [5.41, 5.74) is 14.8. The molecule has 6 heteroatoms. The van der Waals surface area contributed by atoms with Gasteiger partial charge in [0.1, 0.15) is 0 Å². The van der Waals surface area contributed by atoms with Gasteiger partial charge < -0.3 is 10.5 Å². The summed E-state index contributed by atoms with van der Waals surface area (Å²) in [5.74, 6) is 0.555. The Morgan fingerprint density at radius 3 is 2.27 bits per heavy atom. The Bertz CT molecular complexity index is 1410. The number of aliphatic imine (C=N–C) groups is 1. The van der Waals surface area contributed by atoms with Gasteiger partial charge in [-0.25, -0.2) is 0 Å². The molecule has 0 aromatic heterocycles. The first kappa shape index (κ1) is 31.0. The third-order valence-electron chi connectivity index (χ3n) is 7.79. The number of anilines is 1. The van der Waals surface area contributed by atoms with Crippen molar-refractivity contribution in [3.8, 4) is 11.1 Å². The number of hydrogen-bond acceptors (Lipinski definition) is 4. The molecule has 3 aromatic rings. The molecule has 212 valence electrons. The third kappa shape index (κ3) is 6.58. The standard InChI is InChI=1S/C34H41I2N3O/c1-6-7-8-9-10-11-18-34(36)28-21-25(37)16-17-26(28)30-27(19-24(35)20-29(30)34)31(38)40-32(39-5)22-12-14-23(15-13-22)33(2,3)4/h12-17,19-21,38H,6-11,18,37H2,1-5H3. The minimum Gasteiger partial charge on any atom is -0.420 e. The van der Waals surface area contributed by atoms with Gasteiger partial charge in [0, 0.05) is 27.4 Å². The molecule has 0 aliphatic heterocycles. The molecule has 1 aliphatic carbocycles. The Morgan fingerprint density at radius 2 is 1.62 bits per heavy atom. The number of nitrogens with zero attached hydrogens (tertiary/aromatic N) is 1. The van der Waals surface area contributed by atoms with Crippen molar-refractivity contribution < 1.29 is 4.74 Å². The van der Waals surface area contributed by atoms with Gasteiger partial charge in [0.05, 0.1) is 3.42 Å². The molecule has 0 bridgehead atoms. The molecule has 0 amide bonds. The van der Waals surface area contributed by atoms with Crippen LogP contribution in [0.25, 0.3) is 11.1 Å². The first-order valence-electron chi connectivity index (χ1n) is 14.3. The van der Waals surface area contributed by atoms with Crippen molar-refractivity contribution in [1.82, 2.24) is 0 Å². The molecule has 0 radical (unpaired) electrons. The predicted molar refractivity (Wildman–Crippen MR) is 187 cm³/mol. The maximum Gasteiger partial charge on any atom is 0.223 e. The Hall–Kier alpha value is -1.94. The summed E-state index contributed by atoms with van der Waals surface area (Å²) in [6, 6.07) is 18.9. The van der Waals surface area contributed by atoms with Gasteiger partial charge in [-0.05, 0) is 98.6 Å². The largest absolute Gasteiger partial charge is 0.420 e. The highest BCUT2D eigenvalue weighted by atomic mass is 127. The summed E-state index contributed by atoms with van der Waals surface area (Å²) >= 11 is 5.02. The topological polar surface area (TPSA) is 71.5 Å². The molecule has 0 fully saturated rings. The van der Waals surface area contributed by atoms with Gasteiger partial charge in [0.25, 0.3) is 0 Å². The number of halogens is 2. The van der Waals surface area contributed by atoms with Gasteiger partial charge in [-0.3, -0.25) is 10.4 Å². The molecule has 0 saturated carbocycles. The third-order valence-corrected chi connectivity index (χ3v) is 10.1. The summed E-state index contributed by atoms with van der Waals surface area (Å²) < 4.78 is 7.12. The van der Waals surface area contributed by atoms with Crippen LogP contribution >= 0.6 is 45.2 Å². The van der Waals surface area contributed by atoms with Crippen LogP contribution in [0.1, 0.15) is 100 Å². The molecular formula is C34H41I2N3O. The van der Waals surface area contributed by atoms with Gasteiger partial charge in [0.15, 0.2) is 0 Å². The fourth-order valence-corrected chi connectivity index (χ4v) is 7.43. The van der Waals surface area contributed by atoms with E-state index >= 15 is 0 Å². The van der Waals surface area contributed by atoms with Crippen LogP contribution in [0.2, 0.25) is 0 Å². The zero-order chi connectivity index (χ0) is 29.1. The van der Waals surface area contributed by atoms with Crippen molar-refractivity contribution in [2.24, 2.45) is 4.99 Å². The molecule has 4 nitrogen and oxygen atoms in total. The number of nitrogens with two attached hydrogens (primary N) is 1. The number of nitrogen functional groups attached to an aromatic ring is 1. The van der Waals surface area contributed by atoms with Crippen LogP contribution in [0.5, 0.6) is 0 Å². The molecule has 3 aromatic carbocycles. The van der Waals surface area contributed by atoms with E-state index in [4.69, 9.17) is 15.9 Å². The minimum atomic E-state index is -0.191. The van der Waals surface area contributed by atoms with E-state index in [1.807, 2.05) is 18.2 Å². The Balaban J connectivity index is 1.68. The zero-order valence-corrected chi connectivity index (χ0v) is 28.6. The lowest BCUT2D eigenvalue weighted by molar-refractivity contribution is 0.541. The van der Waals surface area contributed by atoms with E-state index in [2.05, 4.69) is 114 Å². The van der Waals surface area contributed by atoms with E-state index in [-0.39, 0.29) is 14.7 Å². The van der Waals surface area contributed by atoms with Gasteiger partial charge in [-0.1, -0.05) is 107 Å². The van der Waals surface area contributed by atoms with Crippen LogP contribution in [-0.4, -0.2) is 18.8 Å². The average Bonchev–Trinajstić information content (AvgIpc) is 3.15. The molecule has 4 rings (SSSR count). The highest BCUT2D eigenvalue weighted by Crippen LogP contribution is 2.57. The molecule has 0 spiro atoms. The summed E-state index contributed by atoms with van der Waals surface area (Å²) in [6.07, 6.45) is 8.59. The smallest absolute Gasteiger partial charge is 0.223 e. The summed E-state index contributed by atoms with van der Waals surface area (Å²) in [7, 11) is 1.72. The molecule has 0 saturated heterocycles. The lowest BCUT2D eigenvalue weighted by Gasteiger charge is -2.26. The highest BCUT2D eigenvalue weighted by Gasteiger charge is 2.43. The normalized spacial score (nSPS) is 16.5. The number of benzene rings is 3. The number of nitrogens with one attached hydrogen (secondary N) is 1. The lowest BCUT2D eigenvalue weighted by atomic mass is 9.87. The van der Waals surface area contributed by atoms with Gasteiger partial charge in [-0.15, -0.1) is 0 Å².